The van der Waals surface area contributed by atoms with Gasteiger partial charge < -0.3 is 0 Å². The molecule has 0 bridgehead atoms. The third kappa shape index (κ3) is 3.07. The lowest BCUT2D eigenvalue weighted by molar-refractivity contribution is 0.914. The van der Waals surface area contributed by atoms with Gasteiger partial charge in [-0.15, -0.1) is 0 Å². The van der Waals surface area contributed by atoms with E-state index in [1.165, 1.54) is 5.56 Å². The fraction of sp³-hybridized carbons (Fsp3) is 0.154. The molecule has 0 fully saturated rings. The molecule has 0 aliphatic carbocycles. The summed E-state index contributed by atoms with van der Waals surface area (Å²) in [6.45, 7) is 0. The van der Waals surface area contributed by atoms with E-state index in [1.807, 2.05) is 42.6 Å². The van der Waals surface area contributed by atoms with Crippen molar-refractivity contribution >= 4 is 11.6 Å². The molecular formula is C13H12ClN. The molecule has 0 radical (unpaired) electrons. The zero-order chi connectivity index (χ0) is 10.5. The van der Waals surface area contributed by atoms with Crippen molar-refractivity contribution in [2.45, 2.75) is 12.8 Å². The lowest BCUT2D eigenvalue weighted by Gasteiger charge is -2.01. The molecule has 0 aliphatic rings. The molecule has 2 aromatic rings. The fourth-order valence-electron chi connectivity index (χ4n) is 1.51. The van der Waals surface area contributed by atoms with Crippen molar-refractivity contribution in [3.8, 4) is 0 Å². The van der Waals surface area contributed by atoms with Crippen LogP contribution in [0.3, 0.4) is 0 Å². The van der Waals surface area contributed by atoms with Gasteiger partial charge in [-0.2, -0.15) is 0 Å². The molecule has 2 heteroatoms. The number of halogens is 1. The number of benzene rings is 1. The van der Waals surface area contributed by atoms with Gasteiger partial charge in [0.15, 0.2) is 0 Å². The van der Waals surface area contributed by atoms with Crippen LogP contribution in [0.15, 0.2) is 48.7 Å². The van der Waals surface area contributed by atoms with Crippen LogP contribution in [0.25, 0.3) is 0 Å². The van der Waals surface area contributed by atoms with Crippen LogP contribution < -0.4 is 0 Å². The van der Waals surface area contributed by atoms with Crippen LogP contribution in [-0.4, -0.2) is 4.98 Å². The van der Waals surface area contributed by atoms with E-state index in [4.69, 9.17) is 11.6 Å². The second-order valence-corrected chi connectivity index (χ2v) is 3.89. The minimum atomic E-state index is 0.800. The average Bonchev–Trinajstić information content (AvgIpc) is 2.28. The Kier molecular flexibility index (Phi) is 3.36. The minimum absolute atomic E-state index is 0.800. The van der Waals surface area contributed by atoms with E-state index in [2.05, 4.69) is 11.1 Å². The first-order valence-electron chi connectivity index (χ1n) is 4.99. The maximum Gasteiger partial charge on any atom is 0.0408 e. The normalized spacial score (nSPS) is 10.2. The highest BCUT2D eigenvalue weighted by molar-refractivity contribution is 6.30. The molecule has 0 saturated carbocycles. The molecular weight excluding hydrogens is 206 g/mol. The molecule has 1 aromatic heterocycles. The number of nitrogens with zero attached hydrogens (tertiary/aromatic N) is 1. The van der Waals surface area contributed by atoms with E-state index in [0.29, 0.717) is 0 Å². The summed E-state index contributed by atoms with van der Waals surface area (Å²) < 4.78 is 0. The molecule has 76 valence electrons. The van der Waals surface area contributed by atoms with Crippen molar-refractivity contribution in [1.82, 2.24) is 4.98 Å². The highest BCUT2D eigenvalue weighted by atomic mass is 35.5. The number of rotatable bonds is 3. The highest BCUT2D eigenvalue weighted by Crippen LogP contribution is 2.12. The first-order chi connectivity index (χ1) is 7.34. The third-order valence-electron chi connectivity index (χ3n) is 2.28. The summed E-state index contributed by atoms with van der Waals surface area (Å²) in [5.41, 5.74) is 2.38. The van der Waals surface area contributed by atoms with Gasteiger partial charge in [-0.05, 0) is 42.7 Å². The van der Waals surface area contributed by atoms with Crippen molar-refractivity contribution in [2.24, 2.45) is 0 Å². The largest absolute Gasteiger partial charge is 0.261 e. The van der Waals surface area contributed by atoms with Gasteiger partial charge in [0.25, 0.3) is 0 Å². The third-order valence-corrected chi connectivity index (χ3v) is 2.52. The molecule has 1 nitrogen and oxygen atoms in total. The van der Waals surface area contributed by atoms with Gasteiger partial charge in [-0.25, -0.2) is 0 Å². The van der Waals surface area contributed by atoms with E-state index < -0.39 is 0 Å². The summed E-state index contributed by atoms with van der Waals surface area (Å²) in [4.78, 5) is 4.28. The van der Waals surface area contributed by atoms with Gasteiger partial charge in [-0.3, -0.25) is 4.98 Å². The lowest BCUT2D eigenvalue weighted by Crippen LogP contribution is -1.93. The van der Waals surface area contributed by atoms with Crippen LogP contribution in [0.2, 0.25) is 5.02 Å². The quantitative estimate of drug-likeness (QED) is 0.767. The minimum Gasteiger partial charge on any atom is -0.261 e. The Hall–Kier alpha value is -1.34. The van der Waals surface area contributed by atoms with Gasteiger partial charge in [0.05, 0.1) is 0 Å². The zero-order valence-electron chi connectivity index (χ0n) is 8.36. The van der Waals surface area contributed by atoms with Gasteiger partial charge in [0, 0.05) is 16.9 Å². The SMILES string of the molecule is Clc1cccc(CCc2ccccn2)c1. The molecule has 0 saturated heterocycles. The Morgan fingerprint density at radius 2 is 1.93 bits per heavy atom. The van der Waals surface area contributed by atoms with Crippen molar-refractivity contribution in [3.05, 3.63) is 64.9 Å². The molecule has 15 heavy (non-hydrogen) atoms. The van der Waals surface area contributed by atoms with Crippen LogP contribution in [0.1, 0.15) is 11.3 Å². The number of aromatic nitrogens is 1. The Morgan fingerprint density at radius 3 is 2.67 bits per heavy atom. The number of hydrogen-bond donors (Lipinski definition) is 0. The van der Waals surface area contributed by atoms with Gasteiger partial charge >= 0.3 is 0 Å². The van der Waals surface area contributed by atoms with Crippen molar-refractivity contribution in [3.63, 3.8) is 0 Å². The molecule has 1 heterocycles. The molecule has 0 aliphatic heterocycles. The van der Waals surface area contributed by atoms with E-state index in [1.54, 1.807) is 0 Å². The second-order valence-electron chi connectivity index (χ2n) is 3.45. The Morgan fingerprint density at radius 1 is 1.00 bits per heavy atom. The standard InChI is InChI=1S/C13H12ClN/c14-12-5-3-4-11(10-12)7-8-13-6-1-2-9-15-13/h1-6,9-10H,7-8H2. The van der Waals surface area contributed by atoms with Crippen LogP contribution in [0, 0.1) is 0 Å². The van der Waals surface area contributed by atoms with Crippen LogP contribution in [0.4, 0.5) is 0 Å². The molecule has 0 unspecified atom stereocenters. The fourth-order valence-corrected chi connectivity index (χ4v) is 1.72. The van der Waals surface area contributed by atoms with Gasteiger partial charge in [0.1, 0.15) is 0 Å². The van der Waals surface area contributed by atoms with Crippen LogP contribution in [-0.2, 0) is 12.8 Å². The Labute approximate surface area is 94.7 Å². The number of aryl methyl sites for hydroxylation is 2. The monoisotopic (exact) mass is 217 g/mol. The van der Waals surface area contributed by atoms with Crippen molar-refractivity contribution in [1.29, 1.82) is 0 Å². The summed E-state index contributed by atoms with van der Waals surface area (Å²) in [6.07, 6.45) is 3.77. The van der Waals surface area contributed by atoms with E-state index in [0.717, 1.165) is 23.6 Å². The first kappa shape index (κ1) is 10.2. The molecule has 0 amide bonds. The predicted octanol–water partition coefficient (Wildman–Crippen LogP) is 3.52. The second kappa shape index (κ2) is 4.94. The van der Waals surface area contributed by atoms with E-state index >= 15 is 0 Å². The molecule has 1 aromatic carbocycles. The maximum absolute atomic E-state index is 5.91. The lowest BCUT2D eigenvalue weighted by atomic mass is 10.1. The van der Waals surface area contributed by atoms with Gasteiger partial charge in [0.2, 0.25) is 0 Å². The summed E-state index contributed by atoms with van der Waals surface area (Å²) in [5.74, 6) is 0. The maximum atomic E-state index is 5.91. The summed E-state index contributed by atoms with van der Waals surface area (Å²) in [5, 5.41) is 0.800. The highest BCUT2D eigenvalue weighted by Gasteiger charge is 1.96. The summed E-state index contributed by atoms with van der Waals surface area (Å²) >= 11 is 5.91. The zero-order valence-corrected chi connectivity index (χ0v) is 9.11. The molecule has 0 N–H and O–H groups in total. The number of hydrogen-bond acceptors (Lipinski definition) is 1. The molecule has 0 atom stereocenters. The molecule has 2 rings (SSSR count). The van der Waals surface area contributed by atoms with E-state index in [9.17, 15) is 0 Å². The Balaban J connectivity index is 1.99. The summed E-state index contributed by atoms with van der Waals surface area (Å²) in [6, 6.07) is 14.0. The first-order valence-corrected chi connectivity index (χ1v) is 5.37. The van der Waals surface area contributed by atoms with E-state index in [-0.39, 0.29) is 0 Å². The summed E-state index contributed by atoms with van der Waals surface area (Å²) in [7, 11) is 0. The van der Waals surface area contributed by atoms with Gasteiger partial charge in [-0.1, -0.05) is 29.8 Å². The molecule has 0 spiro atoms. The Bertz CT molecular complexity index is 426. The van der Waals surface area contributed by atoms with Crippen molar-refractivity contribution in [2.75, 3.05) is 0 Å². The predicted molar refractivity (Wildman–Crippen MR) is 63.1 cm³/mol. The van der Waals surface area contributed by atoms with Crippen molar-refractivity contribution < 1.29 is 0 Å². The average molecular weight is 218 g/mol. The van der Waals surface area contributed by atoms with Crippen LogP contribution >= 0.6 is 11.6 Å². The number of pyridine rings is 1. The smallest absolute Gasteiger partial charge is 0.0408 e. The van der Waals surface area contributed by atoms with Crippen LogP contribution in [0.5, 0.6) is 0 Å². The topological polar surface area (TPSA) is 12.9 Å².